The number of rotatable bonds is 5. The van der Waals surface area contributed by atoms with Crippen molar-refractivity contribution >= 4 is 15.7 Å². The Morgan fingerprint density at radius 2 is 1.84 bits per heavy atom. The fourth-order valence-electron chi connectivity index (χ4n) is 4.94. The van der Waals surface area contributed by atoms with E-state index in [0.29, 0.717) is 17.7 Å². The first kappa shape index (κ1) is 22.4. The summed E-state index contributed by atoms with van der Waals surface area (Å²) in [6.45, 7) is 1.55. The monoisotopic (exact) mass is 424 g/mol. The first-order chi connectivity index (χ1) is 14.7. The van der Waals surface area contributed by atoms with Crippen molar-refractivity contribution in [3.63, 3.8) is 0 Å². The summed E-state index contributed by atoms with van der Waals surface area (Å²) < 4.78 is 11.3. The van der Waals surface area contributed by atoms with Crippen LogP contribution in [-0.4, -0.2) is 74.3 Å². The maximum absolute atomic E-state index is 10.6. The van der Waals surface area contributed by atoms with Gasteiger partial charge in [-0.3, -0.25) is 0 Å². The van der Waals surface area contributed by atoms with Gasteiger partial charge in [0.15, 0.2) is 0 Å². The van der Waals surface area contributed by atoms with Gasteiger partial charge in [-0.2, -0.15) is 0 Å². The summed E-state index contributed by atoms with van der Waals surface area (Å²) in [6.07, 6.45) is -4.26. The van der Waals surface area contributed by atoms with E-state index in [9.17, 15) is 20.4 Å². The van der Waals surface area contributed by atoms with Crippen LogP contribution in [0.15, 0.2) is 30.3 Å². The molecule has 1 aliphatic heterocycles. The number of hydrogen-bond acceptors (Lipinski definition) is 6. The second kappa shape index (κ2) is 8.26. The van der Waals surface area contributed by atoms with Gasteiger partial charge in [0.25, 0.3) is 0 Å². The van der Waals surface area contributed by atoms with E-state index in [4.69, 9.17) is 9.47 Å². The van der Waals surface area contributed by atoms with Gasteiger partial charge in [-0.05, 0) is 54.2 Å². The Balaban J connectivity index is 1.67. The third-order valence-corrected chi connectivity index (χ3v) is 6.81. The zero-order valence-corrected chi connectivity index (χ0v) is 18.5. The lowest BCUT2D eigenvalue weighted by Gasteiger charge is -2.40. The molecule has 0 amide bonds. The first-order valence-corrected chi connectivity index (χ1v) is 10.8. The Morgan fingerprint density at radius 1 is 1.10 bits per heavy atom. The van der Waals surface area contributed by atoms with Crippen LogP contribution in [-0.2, 0) is 22.8 Å². The Bertz CT molecular complexity index is 977. The number of ether oxygens (including phenoxy) is 2. The van der Waals surface area contributed by atoms with Crippen molar-refractivity contribution in [2.24, 2.45) is 0 Å². The third kappa shape index (κ3) is 3.92. The molecule has 1 heterocycles. The van der Waals surface area contributed by atoms with E-state index in [2.05, 4.69) is 33.9 Å². The average molecular weight is 424 g/mol. The van der Waals surface area contributed by atoms with Crippen LogP contribution in [0.25, 0.3) is 0 Å². The van der Waals surface area contributed by atoms with E-state index < -0.39 is 37.1 Å². The predicted molar refractivity (Wildman–Crippen MR) is 122 cm³/mol. The van der Waals surface area contributed by atoms with Crippen molar-refractivity contribution in [2.75, 3.05) is 13.7 Å². The molecule has 0 radical (unpaired) electrons. The quantitative estimate of drug-likeness (QED) is 0.464. The molecule has 0 bridgehead atoms. The van der Waals surface area contributed by atoms with E-state index >= 15 is 0 Å². The minimum Gasteiger partial charge on any atom is -0.496 e. The molecule has 2 aliphatic rings. The van der Waals surface area contributed by atoms with Gasteiger partial charge in [-0.15, -0.1) is 0 Å². The smallest absolute Gasteiger partial charge is 0.125 e. The maximum Gasteiger partial charge on any atom is 0.125 e. The highest BCUT2D eigenvalue weighted by molar-refractivity contribution is 6.41. The highest BCUT2D eigenvalue weighted by Gasteiger charge is 2.45. The van der Waals surface area contributed by atoms with Crippen molar-refractivity contribution < 1.29 is 29.9 Å². The number of aliphatic hydroxyl groups is 4. The van der Waals surface area contributed by atoms with Crippen LogP contribution < -0.4 is 4.74 Å². The Labute approximate surface area is 184 Å². The molecule has 0 unspecified atom stereocenters. The SMILES string of the molecule is BC1(B)Cc2cc(Cc3cc([C@@H]4O[C@H](CO)[C@@H](O)[C@H](O)[C@H]4O)c(OC)cc3C)ccc21. The number of aliphatic hydroxyl groups excluding tert-OH is 4. The van der Waals surface area contributed by atoms with Gasteiger partial charge in [-0.25, -0.2) is 0 Å². The van der Waals surface area contributed by atoms with Crippen molar-refractivity contribution in [3.8, 4) is 5.75 Å². The average Bonchev–Trinajstić information content (AvgIpc) is 2.73. The molecule has 5 atom stereocenters. The minimum absolute atomic E-state index is 0.250. The molecule has 31 heavy (non-hydrogen) atoms. The van der Waals surface area contributed by atoms with E-state index in [0.717, 1.165) is 17.5 Å². The molecule has 2 aromatic carbocycles. The van der Waals surface area contributed by atoms with E-state index in [1.54, 1.807) is 7.11 Å². The number of aryl methyl sites for hydroxylation is 1. The lowest BCUT2D eigenvalue weighted by atomic mass is 9.42. The third-order valence-electron chi connectivity index (χ3n) is 6.81. The lowest BCUT2D eigenvalue weighted by molar-refractivity contribution is -0.232. The fraction of sp³-hybridized carbons (Fsp3) is 0.478. The fourth-order valence-corrected chi connectivity index (χ4v) is 4.94. The minimum atomic E-state index is -1.43. The van der Waals surface area contributed by atoms with Gasteiger partial charge in [0, 0.05) is 5.56 Å². The van der Waals surface area contributed by atoms with Gasteiger partial charge >= 0.3 is 0 Å². The molecule has 1 saturated heterocycles. The molecular formula is C23H30B2O6. The summed E-state index contributed by atoms with van der Waals surface area (Å²) in [7, 11) is 6.06. The highest BCUT2D eigenvalue weighted by Crippen LogP contribution is 2.40. The first-order valence-electron chi connectivity index (χ1n) is 10.8. The Kier molecular flexibility index (Phi) is 5.96. The van der Waals surface area contributed by atoms with Crippen LogP contribution in [0.3, 0.4) is 0 Å². The van der Waals surface area contributed by atoms with Crippen molar-refractivity contribution in [2.45, 2.75) is 55.5 Å². The Hall–Kier alpha value is -1.83. The molecule has 1 aliphatic carbocycles. The number of benzene rings is 2. The molecule has 6 nitrogen and oxygen atoms in total. The summed E-state index contributed by atoms with van der Waals surface area (Å²) >= 11 is 0. The van der Waals surface area contributed by atoms with Gasteiger partial charge in [-0.1, -0.05) is 29.0 Å². The molecule has 164 valence electrons. The molecule has 1 fully saturated rings. The molecule has 8 heteroatoms. The van der Waals surface area contributed by atoms with Gasteiger partial charge < -0.3 is 29.9 Å². The Morgan fingerprint density at radius 3 is 2.45 bits per heavy atom. The molecular weight excluding hydrogens is 394 g/mol. The van der Waals surface area contributed by atoms with E-state index in [-0.39, 0.29) is 5.21 Å². The standard InChI is InChI=1S/C23H30B2O6/c1-11-5-17(30-2)15(22-21(29)20(28)19(27)18(10-26)31-22)8-13(11)6-12-3-4-16-14(7-12)9-23(16,24)25/h3-5,7-8,18-22,26-29H,6,9-10,24-25H2,1-2H3/t18-,19-,20+,21-,22+/m1/s1. The largest absolute Gasteiger partial charge is 0.496 e. The highest BCUT2D eigenvalue weighted by atomic mass is 16.5. The predicted octanol–water partition coefficient (Wildman–Crippen LogP) is -0.916. The van der Waals surface area contributed by atoms with Gasteiger partial charge in [0.05, 0.1) is 13.7 Å². The van der Waals surface area contributed by atoms with E-state index in [1.807, 2.05) is 19.1 Å². The summed E-state index contributed by atoms with van der Waals surface area (Å²) in [5.74, 6) is 0.532. The molecule has 2 aromatic rings. The van der Waals surface area contributed by atoms with Crippen LogP contribution in [0, 0.1) is 6.92 Å². The summed E-state index contributed by atoms with van der Waals surface area (Å²) in [6, 6.07) is 10.5. The maximum atomic E-state index is 10.6. The number of hydrogen-bond donors (Lipinski definition) is 4. The lowest BCUT2D eigenvalue weighted by Crippen LogP contribution is -2.55. The van der Waals surface area contributed by atoms with E-state index in [1.165, 1.54) is 16.7 Å². The molecule has 4 rings (SSSR count). The second-order valence-corrected chi connectivity index (χ2v) is 9.50. The second-order valence-electron chi connectivity index (χ2n) is 9.50. The zero-order chi connectivity index (χ0) is 22.5. The molecule has 0 aromatic heterocycles. The number of methoxy groups -OCH3 is 1. The number of fused-ring (bicyclic) bond motifs is 1. The van der Waals surface area contributed by atoms with Gasteiger partial charge in [0.1, 0.15) is 52.0 Å². The van der Waals surface area contributed by atoms with Crippen LogP contribution >= 0.6 is 0 Å². The topological polar surface area (TPSA) is 99.4 Å². The van der Waals surface area contributed by atoms with Crippen LogP contribution in [0.1, 0.15) is 39.5 Å². The van der Waals surface area contributed by atoms with Crippen LogP contribution in [0.4, 0.5) is 0 Å². The molecule has 0 spiro atoms. The molecule has 4 N–H and O–H groups in total. The zero-order valence-electron chi connectivity index (χ0n) is 18.5. The summed E-state index contributed by atoms with van der Waals surface area (Å²) in [4.78, 5) is 0. The normalized spacial score (nSPS) is 29.2. The van der Waals surface area contributed by atoms with Gasteiger partial charge in [0.2, 0.25) is 0 Å². The van der Waals surface area contributed by atoms with Crippen LogP contribution in [0.5, 0.6) is 5.75 Å². The molecule has 0 saturated carbocycles. The van der Waals surface area contributed by atoms with Crippen molar-refractivity contribution in [1.29, 1.82) is 0 Å². The van der Waals surface area contributed by atoms with Crippen LogP contribution in [0.2, 0.25) is 0 Å². The van der Waals surface area contributed by atoms with Crippen molar-refractivity contribution in [1.82, 2.24) is 0 Å². The summed E-state index contributed by atoms with van der Waals surface area (Å²) in [5, 5.41) is 40.7. The summed E-state index contributed by atoms with van der Waals surface area (Å²) in [5.41, 5.74) is 6.71. The van der Waals surface area contributed by atoms with Crippen molar-refractivity contribution in [3.05, 3.63) is 63.7 Å².